The van der Waals surface area contributed by atoms with Gasteiger partial charge in [0, 0.05) is 38.3 Å². The molecule has 2 N–H and O–H groups in total. The number of nitrogens with one attached hydrogen (secondary N) is 2. The molecule has 6 heteroatoms. The van der Waals surface area contributed by atoms with E-state index >= 15 is 0 Å². The van der Waals surface area contributed by atoms with E-state index < -0.39 is 0 Å². The van der Waals surface area contributed by atoms with E-state index in [4.69, 9.17) is 0 Å². The second kappa shape index (κ2) is 4.81. The summed E-state index contributed by atoms with van der Waals surface area (Å²) in [6, 6.07) is 3.55. The smallest absolute Gasteiger partial charge is 0.269 e. The molecule has 2 aromatic heterocycles. The summed E-state index contributed by atoms with van der Waals surface area (Å²) < 4.78 is 1.82. The van der Waals surface area contributed by atoms with Gasteiger partial charge in [-0.2, -0.15) is 5.10 Å². The molecule has 0 saturated heterocycles. The number of fused-ring (bicyclic) bond motifs is 1. The van der Waals surface area contributed by atoms with Crippen LogP contribution in [0.1, 0.15) is 21.7 Å². The van der Waals surface area contributed by atoms with Crippen LogP contribution >= 0.6 is 0 Å². The summed E-state index contributed by atoms with van der Waals surface area (Å²) in [5.41, 5.74) is 3.63. The van der Waals surface area contributed by atoms with Gasteiger partial charge in [-0.05, 0) is 12.1 Å². The minimum atomic E-state index is -0.185. The first-order chi connectivity index (χ1) is 9.28. The Morgan fingerprint density at radius 2 is 2.37 bits per heavy atom. The first kappa shape index (κ1) is 11.9. The fourth-order valence-electron chi connectivity index (χ4n) is 2.15. The maximum absolute atomic E-state index is 11.4. The topological polar surface area (TPSA) is 71.8 Å². The van der Waals surface area contributed by atoms with Crippen LogP contribution in [0.4, 0.5) is 0 Å². The van der Waals surface area contributed by atoms with E-state index in [1.807, 2.05) is 16.9 Å². The minimum Gasteiger partial charge on any atom is -0.354 e. The van der Waals surface area contributed by atoms with Crippen LogP contribution in [-0.2, 0) is 13.0 Å². The lowest BCUT2D eigenvalue weighted by Crippen LogP contribution is -2.22. The van der Waals surface area contributed by atoms with Crippen molar-refractivity contribution in [2.24, 2.45) is 0 Å². The van der Waals surface area contributed by atoms with Crippen LogP contribution in [0.2, 0.25) is 0 Å². The van der Waals surface area contributed by atoms with Gasteiger partial charge in [0.1, 0.15) is 5.69 Å². The number of nitrogens with zero attached hydrogens (tertiary/aromatic N) is 3. The van der Waals surface area contributed by atoms with Crippen LogP contribution in [-0.4, -0.2) is 34.3 Å². The van der Waals surface area contributed by atoms with Gasteiger partial charge < -0.3 is 10.6 Å². The summed E-state index contributed by atoms with van der Waals surface area (Å²) in [5, 5.41) is 10.4. The van der Waals surface area contributed by atoms with E-state index in [0.29, 0.717) is 5.69 Å². The quantitative estimate of drug-likeness (QED) is 0.810. The zero-order chi connectivity index (χ0) is 13.2. The SMILES string of the molecule is CNC(=O)c1ccc(-n2cc3c(n2)CCNC3)cn1. The fraction of sp³-hybridized carbons (Fsp3) is 0.308. The fourth-order valence-corrected chi connectivity index (χ4v) is 2.15. The van der Waals surface area contributed by atoms with Gasteiger partial charge in [-0.25, -0.2) is 9.67 Å². The molecule has 0 unspecified atom stereocenters. The average molecular weight is 257 g/mol. The Morgan fingerprint density at radius 3 is 3.05 bits per heavy atom. The van der Waals surface area contributed by atoms with Crippen LogP contribution in [0.25, 0.3) is 5.69 Å². The summed E-state index contributed by atoms with van der Waals surface area (Å²) in [6.45, 7) is 1.83. The molecule has 2 aromatic rings. The van der Waals surface area contributed by atoms with Gasteiger partial charge in [0.15, 0.2) is 0 Å². The normalized spacial score (nSPS) is 13.9. The van der Waals surface area contributed by atoms with Crippen LogP contribution in [0, 0.1) is 0 Å². The monoisotopic (exact) mass is 257 g/mol. The molecule has 0 aromatic carbocycles. The van der Waals surface area contributed by atoms with Crippen molar-refractivity contribution in [2.75, 3.05) is 13.6 Å². The van der Waals surface area contributed by atoms with Crippen LogP contribution < -0.4 is 10.6 Å². The molecule has 1 aliphatic heterocycles. The molecule has 19 heavy (non-hydrogen) atoms. The second-order valence-corrected chi connectivity index (χ2v) is 4.45. The Balaban J connectivity index is 1.89. The van der Waals surface area contributed by atoms with Crippen molar-refractivity contribution < 1.29 is 4.79 Å². The number of hydrogen-bond acceptors (Lipinski definition) is 4. The summed E-state index contributed by atoms with van der Waals surface area (Å²) >= 11 is 0. The lowest BCUT2D eigenvalue weighted by Gasteiger charge is -2.09. The molecule has 6 nitrogen and oxygen atoms in total. The lowest BCUT2D eigenvalue weighted by molar-refractivity contribution is 0.0958. The van der Waals surface area contributed by atoms with Crippen molar-refractivity contribution in [3.8, 4) is 5.69 Å². The Morgan fingerprint density at radius 1 is 1.47 bits per heavy atom. The predicted molar refractivity (Wildman–Crippen MR) is 70.2 cm³/mol. The summed E-state index contributed by atoms with van der Waals surface area (Å²) in [7, 11) is 1.59. The van der Waals surface area contributed by atoms with Crippen molar-refractivity contribution >= 4 is 5.91 Å². The van der Waals surface area contributed by atoms with E-state index in [2.05, 4.69) is 20.7 Å². The molecular weight excluding hydrogens is 242 g/mol. The van der Waals surface area contributed by atoms with Gasteiger partial charge >= 0.3 is 0 Å². The molecule has 0 bridgehead atoms. The third-order valence-corrected chi connectivity index (χ3v) is 3.20. The largest absolute Gasteiger partial charge is 0.354 e. The number of carbonyl (C=O) groups is 1. The Hall–Kier alpha value is -2.21. The molecule has 0 atom stereocenters. The molecule has 0 fully saturated rings. The maximum Gasteiger partial charge on any atom is 0.269 e. The van der Waals surface area contributed by atoms with Crippen LogP contribution in [0.3, 0.4) is 0 Å². The molecule has 1 aliphatic rings. The molecule has 0 spiro atoms. The van der Waals surface area contributed by atoms with E-state index in [1.165, 1.54) is 5.56 Å². The van der Waals surface area contributed by atoms with Crippen molar-refractivity contribution in [1.82, 2.24) is 25.4 Å². The van der Waals surface area contributed by atoms with Crippen molar-refractivity contribution in [3.63, 3.8) is 0 Å². The molecule has 0 aliphatic carbocycles. The van der Waals surface area contributed by atoms with E-state index in [1.54, 1.807) is 19.3 Å². The zero-order valence-corrected chi connectivity index (χ0v) is 10.7. The Bertz CT molecular complexity index is 578. The predicted octanol–water partition coefficient (Wildman–Crippen LogP) is 0.273. The zero-order valence-electron chi connectivity index (χ0n) is 10.7. The summed E-state index contributed by atoms with van der Waals surface area (Å²) in [5.74, 6) is -0.185. The van der Waals surface area contributed by atoms with E-state index in [0.717, 1.165) is 30.9 Å². The third-order valence-electron chi connectivity index (χ3n) is 3.20. The van der Waals surface area contributed by atoms with Crippen LogP contribution in [0.15, 0.2) is 24.5 Å². The third kappa shape index (κ3) is 2.22. The molecule has 3 rings (SSSR count). The number of pyridine rings is 1. The van der Waals surface area contributed by atoms with Crippen molar-refractivity contribution in [2.45, 2.75) is 13.0 Å². The average Bonchev–Trinajstić information content (AvgIpc) is 2.90. The molecule has 98 valence electrons. The second-order valence-electron chi connectivity index (χ2n) is 4.45. The minimum absolute atomic E-state index is 0.185. The maximum atomic E-state index is 11.4. The van der Waals surface area contributed by atoms with Gasteiger partial charge in [-0.1, -0.05) is 0 Å². The highest BCUT2D eigenvalue weighted by molar-refractivity contribution is 5.92. The van der Waals surface area contributed by atoms with Crippen molar-refractivity contribution in [3.05, 3.63) is 41.5 Å². The molecule has 0 radical (unpaired) electrons. The van der Waals surface area contributed by atoms with Gasteiger partial charge in [-0.15, -0.1) is 0 Å². The van der Waals surface area contributed by atoms with Gasteiger partial charge in [0.25, 0.3) is 5.91 Å². The van der Waals surface area contributed by atoms with Crippen molar-refractivity contribution in [1.29, 1.82) is 0 Å². The van der Waals surface area contributed by atoms with E-state index in [9.17, 15) is 4.79 Å². The molecule has 3 heterocycles. The Kier molecular flexibility index (Phi) is 3.00. The molecule has 1 amide bonds. The Labute approximate surface area is 110 Å². The summed E-state index contributed by atoms with van der Waals surface area (Å²) in [4.78, 5) is 15.6. The molecule has 0 saturated carbocycles. The number of aromatic nitrogens is 3. The lowest BCUT2D eigenvalue weighted by atomic mass is 10.1. The first-order valence-corrected chi connectivity index (χ1v) is 6.24. The number of rotatable bonds is 2. The summed E-state index contributed by atoms with van der Waals surface area (Å²) in [6.07, 6.45) is 4.63. The highest BCUT2D eigenvalue weighted by Crippen LogP contribution is 2.15. The highest BCUT2D eigenvalue weighted by atomic mass is 16.1. The highest BCUT2D eigenvalue weighted by Gasteiger charge is 2.14. The van der Waals surface area contributed by atoms with Gasteiger partial charge in [0.2, 0.25) is 0 Å². The number of amides is 1. The van der Waals surface area contributed by atoms with Gasteiger partial charge in [-0.3, -0.25) is 4.79 Å². The van der Waals surface area contributed by atoms with Gasteiger partial charge in [0.05, 0.1) is 17.6 Å². The number of carbonyl (C=O) groups excluding carboxylic acids is 1. The molecular formula is C13H15N5O. The van der Waals surface area contributed by atoms with E-state index in [-0.39, 0.29) is 5.91 Å². The standard InChI is InChI=1S/C13H15N5O/c1-14-13(19)12-3-2-10(7-16-12)18-8-9-6-15-5-4-11(9)17-18/h2-3,7-8,15H,4-6H2,1H3,(H,14,19). The van der Waals surface area contributed by atoms with Crippen LogP contribution in [0.5, 0.6) is 0 Å². The first-order valence-electron chi connectivity index (χ1n) is 6.24. The number of hydrogen-bond donors (Lipinski definition) is 2.